The van der Waals surface area contributed by atoms with Gasteiger partial charge in [0.2, 0.25) is 0 Å². The lowest BCUT2D eigenvalue weighted by atomic mass is 10.1. The van der Waals surface area contributed by atoms with Gasteiger partial charge in [-0.15, -0.1) is 0 Å². The van der Waals surface area contributed by atoms with Gasteiger partial charge in [-0.05, 0) is 12.1 Å². The van der Waals surface area contributed by atoms with Crippen LogP contribution in [0.1, 0.15) is 17.4 Å². The summed E-state index contributed by atoms with van der Waals surface area (Å²) in [6.45, 7) is 0. The van der Waals surface area contributed by atoms with Crippen LogP contribution >= 0.6 is 11.6 Å². The van der Waals surface area contributed by atoms with Gasteiger partial charge >= 0.3 is 0 Å². The predicted octanol–water partition coefficient (Wildman–Crippen LogP) is 2.35. The average Bonchev–Trinajstić information content (AvgIpc) is 2.29. The zero-order chi connectivity index (χ0) is 11.5. The van der Waals surface area contributed by atoms with Gasteiger partial charge in [0.25, 0.3) is 0 Å². The van der Waals surface area contributed by atoms with Gasteiger partial charge in [0.1, 0.15) is 11.9 Å². The molecule has 2 rings (SSSR count). The largest absolute Gasteiger partial charge is 0.382 e. The first-order chi connectivity index (χ1) is 7.68. The van der Waals surface area contributed by atoms with E-state index in [9.17, 15) is 9.50 Å². The number of hydrogen-bond acceptors (Lipinski definition) is 3. The highest BCUT2D eigenvalue weighted by molar-refractivity contribution is 6.30. The molecule has 1 N–H and O–H groups in total. The van der Waals surface area contributed by atoms with Crippen molar-refractivity contribution in [1.82, 2.24) is 9.97 Å². The van der Waals surface area contributed by atoms with E-state index in [1.807, 2.05) is 0 Å². The standard InChI is InChI=1S/C11H8ClFN2O/c12-7-1-2-8(9(13)5-7)11(16)10-6-14-3-4-15-10/h1-6,11,16H. The molecular weight excluding hydrogens is 231 g/mol. The molecule has 16 heavy (non-hydrogen) atoms. The second-order valence-electron chi connectivity index (χ2n) is 3.20. The second-order valence-corrected chi connectivity index (χ2v) is 3.64. The molecule has 3 nitrogen and oxygen atoms in total. The van der Waals surface area contributed by atoms with E-state index in [1.54, 1.807) is 0 Å². The second kappa shape index (κ2) is 4.55. The Balaban J connectivity index is 2.38. The third-order valence-corrected chi connectivity index (χ3v) is 2.36. The smallest absolute Gasteiger partial charge is 0.130 e. The van der Waals surface area contributed by atoms with E-state index in [-0.39, 0.29) is 10.6 Å². The van der Waals surface area contributed by atoms with E-state index in [1.165, 1.54) is 30.7 Å². The van der Waals surface area contributed by atoms with E-state index < -0.39 is 11.9 Å². The molecular formula is C11H8ClFN2O. The van der Waals surface area contributed by atoms with Crippen molar-refractivity contribution in [3.8, 4) is 0 Å². The molecule has 0 saturated carbocycles. The highest BCUT2D eigenvalue weighted by Crippen LogP contribution is 2.24. The molecule has 0 amide bonds. The first-order valence-electron chi connectivity index (χ1n) is 4.57. The number of halogens is 2. The van der Waals surface area contributed by atoms with Gasteiger partial charge in [-0.25, -0.2) is 4.39 Å². The van der Waals surface area contributed by atoms with Crippen LogP contribution in [0.5, 0.6) is 0 Å². The maximum absolute atomic E-state index is 13.5. The minimum atomic E-state index is -1.13. The van der Waals surface area contributed by atoms with Gasteiger partial charge in [0, 0.05) is 23.0 Å². The molecule has 0 bridgehead atoms. The molecule has 0 aliphatic heterocycles. The molecule has 1 atom stereocenters. The molecule has 0 fully saturated rings. The molecule has 0 radical (unpaired) electrons. The van der Waals surface area contributed by atoms with Crippen molar-refractivity contribution in [3.63, 3.8) is 0 Å². The molecule has 5 heteroatoms. The predicted molar refractivity (Wildman–Crippen MR) is 57.5 cm³/mol. The first-order valence-corrected chi connectivity index (χ1v) is 4.95. The molecule has 0 aliphatic rings. The number of benzene rings is 1. The molecule has 82 valence electrons. The summed E-state index contributed by atoms with van der Waals surface area (Å²) >= 11 is 5.62. The molecule has 0 spiro atoms. The lowest BCUT2D eigenvalue weighted by molar-refractivity contribution is 0.209. The van der Waals surface area contributed by atoms with Crippen LogP contribution in [0.2, 0.25) is 5.02 Å². The van der Waals surface area contributed by atoms with Gasteiger partial charge in [-0.1, -0.05) is 17.7 Å². The Hall–Kier alpha value is -1.52. The topological polar surface area (TPSA) is 46.0 Å². The molecule has 2 aromatic rings. The van der Waals surface area contributed by atoms with Gasteiger partial charge in [0.15, 0.2) is 0 Å². The van der Waals surface area contributed by atoms with Crippen LogP contribution in [0, 0.1) is 5.82 Å². The molecule has 1 aromatic carbocycles. The number of aromatic nitrogens is 2. The molecule has 1 unspecified atom stereocenters. The minimum absolute atomic E-state index is 0.130. The third-order valence-electron chi connectivity index (χ3n) is 2.12. The van der Waals surface area contributed by atoms with E-state index in [0.29, 0.717) is 5.69 Å². The third kappa shape index (κ3) is 2.18. The number of hydrogen-bond donors (Lipinski definition) is 1. The van der Waals surface area contributed by atoms with Crippen molar-refractivity contribution in [2.75, 3.05) is 0 Å². The van der Waals surface area contributed by atoms with Crippen LogP contribution in [0.15, 0.2) is 36.8 Å². The van der Waals surface area contributed by atoms with Crippen molar-refractivity contribution in [2.24, 2.45) is 0 Å². The van der Waals surface area contributed by atoms with E-state index >= 15 is 0 Å². The number of rotatable bonds is 2. The highest BCUT2D eigenvalue weighted by atomic mass is 35.5. The summed E-state index contributed by atoms with van der Waals surface area (Å²) in [6.07, 6.45) is 3.17. The SMILES string of the molecule is OC(c1cnccn1)c1ccc(Cl)cc1F. The maximum Gasteiger partial charge on any atom is 0.130 e. The van der Waals surface area contributed by atoms with Gasteiger partial charge in [-0.2, -0.15) is 0 Å². The van der Waals surface area contributed by atoms with Crippen LogP contribution in [-0.2, 0) is 0 Å². The van der Waals surface area contributed by atoms with E-state index in [0.717, 1.165) is 6.07 Å². The summed E-state index contributed by atoms with van der Waals surface area (Å²) in [5.41, 5.74) is 0.425. The fourth-order valence-corrected chi connectivity index (χ4v) is 1.49. The number of aliphatic hydroxyl groups excluding tert-OH is 1. The quantitative estimate of drug-likeness (QED) is 0.874. The van der Waals surface area contributed by atoms with Crippen LogP contribution < -0.4 is 0 Å². The summed E-state index contributed by atoms with van der Waals surface area (Å²) in [6, 6.07) is 4.09. The fraction of sp³-hybridized carbons (Fsp3) is 0.0909. The van der Waals surface area contributed by atoms with Crippen molar-refractivity contribution >= 4 is 11.6 Å². The molecule has 1 aromatic heterocycles. The van der Waals surface area contributed by atoms with Gasteiger partial charge in [0.05, 0.1) is 11.9 Å². The van der Waals surface area contributed by atoms with E-state index in [4.69, 9.17) is 11.6 Å². The zero-order valence-electron chi connectivity index (χ0n) is 8.14. The Morgan fingerprint density at radius 3 is 2.75 bits per heavy atom. The summed E-state index contributed by atoms with van der Waals surface area (Å²) < 4.78 is 13.5. The van der Waals surface area contributed by atoms with Crippen LogP contribution in [0.3, 0.4) is 0 Å². The Kier molecular flexibility index (Phi) is 3.12. The average molecular weight is 239 g/mol. The lowest BCUT2D eigenvalue weighted by Crippen LogP contribution is -2.04. The normalized spacial score (nSPS) is 12.4. The molecule has 0 saturated heterocycles. The van der Waals surface area contributed by atoms with Gasteiger partial charge in [-0.3, -0.25) is 9.97 Å². The summed E-state index contributed by atoms with van der Waals surface area (Å²) in [4.78, 5) is 7.71. The number of nitrogens with zero attached hydrogens (tertiary/aromatic N) is 2. The van der Waals surface area contributed by atoms with Crippen molar-refractivity contribution < 1.29 is 9.50 Å². The van der Waals surface area contributed by atoms with Crippen molar-refractivity contribution in [2.45, 2.75) is 6.10 Å². The Bertz CT molecular complexity index is 493. The highest BCUT2D eigenvalue weighted by Gasteiger charge is 2.16. The summed E-state index contributed by atoms with van der Waals surface area (Å²) in [5.74, 6) is -0.564. The maximum atomic E-state index is 13.5. The van der Waals surface area contributed by atoms with Crippen LogP contribution in [0.25, 0.3) is 0 Å². The first kappa shape index (κ1) is 11.0. The van der Waals surface area contributed by atoms with E-state index in [2.05, 4.69) is 9.97 Å². The summed E-state index contributed by atoms with van der Waals surface area (Å²) in [5, 5.41) is 10.2. The number of aliphatic hydroxyl groups is 1. The van der Waals surface area contributed by atoms with Crippen LogP contribution in [-0.4, -0.2) is 15.1 Å². The molecule has 0 aliphatic carbocycles. The van der Waals surface area contributed by atoms with Crippen molar-refractivity contribution in [1.29, 1.82) is 0 Å². The molecule has 1 heterocycles. The van der Waals surface area contributed by atoms with Crippen molar-refractivity contribution in [3.05, 3.63) is 58.9 Å². The lowest BCUT2D eigenvalue weighted by Gasteiger charge is -2.10. The Labute approximate surface area is 96.6 Å². The Morgan fingerprint density at radius 2 is 2.12 bits per heavy atom. The van der Waals surface area contributed by atoms with Crippen LogP contribution in [0.4, 0.5) is 4.39 Å². The Morgan fingerprint density at radius 1 is 1.31 bits per heavy atom. The fourth-order valence-electron chi connectivity index (χ4n) is 1.33. The zero-order valence-corrected chi connectivity index (χ0v) is 8.89. The minimum Gasteiger partial charge on any atom is -0.382 e. The monoisotopic (exact) mass is 238 g/mol. The van der Waals surface area contributed by atoms with Gasteiger partial charge < -0.3 is 5.11 Å². The summed E-state index contributed by atoms with van der Waals surface area (Å²) in [7, 11) is 0.